The zero-order valence-corrected chi connectivity index (χ0v) is 9.38. The molecule has 0 saturated heterocycles. The highest BCUT2D eigenvalue weighted by Crippen LogP contribution is 2.30. The number of carbonyl (C=O) groups excluding carboxylic acids is 1. The summed E-state index contributed by atoms with van der Waals surface area (Å²) in [4.78, 5) is 12.0. The maximum atomic E-state index is 13.4. The Hall–Kier alpha value is -1.68. The molecular formula is C12H9FO2S. The van der Waals surface area contributed by atoms with Crippen molar-refractivity contribution in [2.45, 2.75) is 0 Å². The zero-order chi connectivity index (χ0) is 11.5. The summed E-state index contributed by atoms with van der Waals surface area (Å²) in [6.45, 7) is 0. The van der Waals surface area contributed by atoms with E-state index >= 15 is 0 Å². The molecule has 0 radical (unpaired) electrons. The van der Waals surface area contributed by atoms with Crippen molar-refractivity contribution in [2.24, 2.45) is 0 Å². The fraction of sp³-hybridized carbons (Fsp3) is 0.0833. The van der Waals surface area contributed by atoms with Crippen molar-refractivity contribution < 1.29 is 13.9 Å². The van der Waals surface area contributed by atoms with Gasteiger partial charge in [0.15, 0.2) is 17.9 Å². The third-order valence-electron chi connectivity index (χ3n) is 2.18. The molecular weight excluding hydrogens is 227 g/mol. The molecule has 2 aromatic rings. The number of hydrogen-bond acceptors (Lipinski definition) is 3. The van der Waals surface area contributed by atoms with E-state index in [4.69, 9.17) is 4.74 Å². The molecule has 0 atom stereocenters. The monoisotopic (exact) mass is 236 g/mol. The lowest BCUT2D eigenvalue weighted by Crippen LogP contribution is -1.87. The molecule has 0 aliphatic carbocycles. The van der Waals surface area contributed by atoms with Gasteiger partial charge in [0.05, 0.1) is 12.0 Å². The highest BCUT2D eigenvalue weighted by atomic mass is 32.1. The summed E-state index contributed by atoms with van der Waals surface area (Å²) in [5, 5.41) is 0. The Labute approximate surface area is 96.3 Å². The van der Waals surface area contributed by atoms with Crippen molar-refractivity contribution in [3.8, 4) is 16.2 Å². The maximum absolute atomic E-state index is 13.4. The average Bonchev–Trinajstić information content (AvgIpc) is 2.77. The highest BCUT2D eigenvalue weighted by molar-refractivity contribution is 7.17. The third kappa shape index (κ3) is 1.97. The van der Waals surface area contributed by atoms with Gasteiger partial charge in [-0.05, 0) is 35.9 Å². The van der Waals surface area contributed by atoms with Crippen LogP contribution in [0.15, 0.2) is 30.3 Å². The largest absolute Gasteiger partial charge is 0.494 e. The van der Waals surface area contributed by atoms with Crippen LogP contribution < -0.4 is 4.74 Å². The SMILES string of the molecule is COc1ccc(-c2ccc(C=O)s2)cc1F. The van der Waals surface area contributed by atoms with Gasteiger partial charge in [-0.25, -0.2) is 4.39 Å². The molecule has 0 aliphatic rings. The van der Waals surface area contributed by atoms with Crippen molar-refractivity contribution in [1.29, 1.82) is 0 Å². The fourth-order valence-electron chi connectivity index (χ4n) is 1.39. The summed E-state index contributed by atoms with van der Waals surface area (Å²) in [6, 6.07) is 8.26. The van der Waals surface area contributed by atoms with Crippen LogP contribution in [0.25, 0.3) is 10.4 Å². The van der Waals surface area contributed by atoms with Crippen LogP contribution in [-0.4, -0.2) is 13.4 Å². The number of halogens is 1. The number of methoxy groups -OCH3 is 1. The Bertz CT molecular complexity index is 519. The van der Waals surface area contributed by atoms with Gasteiger partial charge in [0.1, 0.15) is 0 Å². The molecule has 0 saturated carbocycles. The van der Waals surface area contributed by atoms with E-state index in [1.807, 2.05) is 0 Å². The third-order valence-corrected chi connectivity index (χ3v) is 3.24. The highest BCUT2D eigenvalue weighted by Gasteiger charge is 2.07. The van der Waals surface area contributed by atoms with Gasteiger partial charge in [-0.15, -0.1) is 11.3 Å². The second kappa shape index (κ2) is 4.45. The number of benzene rings is 1. The molecule has 0 amide bonds. The maximum Gasteiger partial charge on any atom is 0.165 e. The Balaban J connectivity index is 2.40. The second-order valence-corrected chi connectivity index (χ2v) is 4.28. The van der Waals surface area contributed by atoms with E-state index in [0.29, 0.717) is 4.88 Å². The number of aldehydes is 1. The lowest BCUT2D eigenvalue weighted by Gasteiger charge is -2.03. The van der Waals surface area contributed by atoms with E-state index in [1.54, 1.807) is 24.3 Å². The van der Waals surface area contributed by atoms with Crippen molar-refractivity contribution in [3.05, 3.63) is 41.0 Å². The quantitative estimate of drug-likeness (QED) is 0.764. The molecule has 16 heavy (non-hydrogen) atoms. The first-order valence-corrected chi connectivity index (χ1v) is 5.45. The molecule has 4 heteroatoms. The van der Waals surface area contributed by atoms with Gasteiger partial charge < -0.3 is 4.74 Å². The van der Waals surface area contributed by atoms with Gasteiger partial charge in [-0.2, -0.15) is 0 Å². The number of hydrogen-bond donors (Lipinski definition) is 0. The normalized spacial score (nSPS) is 10.1. The average molecular weight is 236 g/mol. The first-order chi connectivity index (χ1) is 7.74. The smallest absolute Gasteiger partial charge is 0.165 e. The number of rotatable bonds is 3. The van der Waals surface area contributed by atoms with Crippen LogP contribution >= 0.6 is 11.3 Å². The number of carbonyl (C=O) groups is 1. The minimum atomic E-state index is -0.402. The molecule has 0 unspecified atom stereocenters. The molecule has 1 aromatic carbocycles. The Kier molecular flexibility index (Phi) is 3.01. The molecule has 0 aliphatic heterocycles. The molecule has 0 fully saturated rings. The first-order valence-electron chi connectivity index (χ1n) is 4.63. The van der Waals surface area contributed by atoms with E-state index in [1.165, 1.54) is 24.5 Å². The minimum absolute atomic E-state index is 0.218. The molecule has 82 valence electrons. The number of ether oxygens (including phenoxy) is 1. The Morgan fingerprint density at radius 1 is 1.31 bits per heavy atom. The van der Waals surface area contributed by atoms with Gasteiger partial charge in [-0.1, -0.05) is 0 Å². The molecule has 0 bridgehead atoms. The standard InChI is InChI=1S/C12H9FO2S/c1-15-11-4-2-8(6-10(11)13)12-5-3-9(7-14)16-12/h2-7H,1H3. The first kappa shape index (κ1) is 10.8. The fourth-order valence-corrected chi connectivity index (χ4v) is 2.21. The zero-order valence-electron chi connectivity index (χ0n) is 8.57. The van der Waals surface area contributed by atoms with E-state index in [0.717, 1.165) is 16.7 Å². The van der Waals surface area contributed by atoms with Crippen LogP contribution in [0.3, 0.4) is 0 Å². The lowest BCUT2D eigenvalue weighted by atomic mass is 10.2. The van der Waals surface area contributed by atoms with Gasteiger partial charge in [0.25, 0.3) is 0 Å². The summed E-state index contributed by atoms with van der Waals surface area (Å²) in [5.41, 5.74) is 0.747. The van der Waals surface area contributed by atoms with Gasteiger partial charge in [0.2, 0.25) is 0 Å². The molecule has 1 heterocycles. The summed E-state index contributed by atoms with van der Waals surface area (Å²) < 4.78 is 18.3. The lowest BCUT2D eigenvalue weighted by molar-refractivity contribution is 0.112. The van der Waals surface area contributed by atoms with Gasteiger partial charge >= 0.3 is 0 Å². The summed E-state index contributed by atoms with van der Waals surface area (Å²) >= 11 is 1.33. The van der Waals surface area contributed by atoms with E-state index in [-0.39, 0.29) is 5.75 Å². The minimum Gasteiger partial charge on any atom is -0.494 e. The van der Waals surface area contributed by atoms with Crippen LogP contribution in [0, 0.1) is 5.82 Å². The van der Waals surface area contributed by atoms with Crippen LogP contribution in [0.5, 0.6) is 5.75 Å². The number of thiophene rings is 1. The molecule has 2 nitrogen and oxygen atoms in total. The van der Waals surface area contributed by atoms with Gasteiger partial charge in [0, 0.05) is 4.88 Å². The molecule has 1 aromatic heterocycles. The predicted molar refractivity (Wildman–Crippen MR) is 61.7 cm³/mol. The van der Waals surface area contributed by atoms with Crippen molar-refractivity contribution in [2.75, 3.05) is 7.11 Å². The summed E-state index contributed by atoms with van der Waals surface area (Å²) in [6.07, 6.45) is 0.786. The summed E-state index contributed by atoms with van der Waals surface area (Å²) in [5.74, 6) is -0.183. The van der Waals surface area contributed by atoms with Crippen LogP contribution in [0.4, 0.5) is 4.39 Å². The molecule has 0 spiro atoms. The van der Waals surface area contributed by atoms with Crippen molar-refractivity contribution >= 4 is 17.6 Å². The van der Waals surface area contributed by atoms with Crippen molar-refractivity contribution in [1.82, 2.24) is 0 Å². The second-order valence-electron chi connectivity index (χ2n) is 3.17. The van der Waals surface area contributed by atoms with Crippen LogP contribution in [0.1, 0.15) is 9.67 Å². The van der Waals surface area contributed by atoms with Crippen molar-refractivity contribution in [3.63, 3.8) is 0 Å². The summed E-state index contributed by atoms with van der Waals surface area (Å²) in [7, 11) is 1.42. The van der Waals surface area contributed by atoms with E-state index < -0.39 is 5.82 Å². The van der Waals surface area contributed by atoms with Crippen LogP contribution in [-0.2, 0) is 0 Å². The van der Waals surface area contributed by atoms with Gasteiger partial charge in [-0.3, -0.25) is 4.79 Å². The Morgan fingerprint density at radius 2 is 2.12 bits per heavy atom. The predicted octanol–water partition coefficient (Wildman–Crippen LogP) is 3.38. The molecule has 2 rings (SSSR count). The van der Waals surface area contributed by atoms with E-state index in [2.05, 4.69) is 0 Å². The molecule has 0 N–H and O–H groups in total. The Morgan fingerprint density at radius 3 is 2.69 bits per heavy atom. The topological polar surface area (TPSA) is 26.3 Å². The van der Waals surface area contributed by atoms with E-state index in [9.17, 15) is 9.18 Å². The van der Waals surface area contributed by atoms with Crippen LogP contribution in [0.2, 0.25) is 0 Å².